The summed E-state index contributed by atoms with van der Waals surface area (Å²) in [6.45, 7) is 0. The van der Waals surface area contributed by atoms with Gasteiger partial charge in [0.15, 0.2) is 4.73 Å². The van der Waals surface area contributed by atoms with Crippen molar-refractivity contribution in [3.05, 3.63) is 34.8 Å². The molecular formula is C11H10BrN3O2. The highest BCUT2D eigenvalue weighted by molar-refractivity contribution is 9.10. The number of carboxylic acids is 1. The molecule has 5 nitrogen and oxygen atoms in total. The van der Waals surface area contributed by atoms with Crippen LogP contribution in [0.4, 0.5) is 0 Å². The molecule has 2 aromatic rings. The summed E-state index contributed by atoms with van der Waals surface area (Å²) in [5.41, 5.74) is 2.20. The Morgan fingerprint density at radius 3 is 2.94 bits per heavy atom. The first-order chi connectivity index (χ1) is 8.16. The molecule has 2 N–H and O–H groups in total. The number of nitrogens with zero attached hydrogens (tertiary/aromatic N) is 2. The number of pyridine rings is 1. The lowest BCUT2D eigenvalue weighted by Gasteiger charge is -1.99. The van der Waals surface area contributed by atoms with E-state index in [9.17, 15) is 4.79 Å². The van der Waals surface area contributed by atoms with Crippen LogP contribution in [0.2, 0.25) is 0 Å². The van der Waals surface area contributed by atoms with Crippen molar-refractivity contribution < 1.29 is 9.90 Å². The van der Waals surface area contributed by atoms with Crippen molar-refractivity contribution >= 4 is 21.9 Å². The van der Waals surface area contributed by atoms with Gasteiger partial charge in [-0.15, -0.1) is 0 Å². The van der Waals surface area contributed by atoms with Crippen molar-refractivity contribution in [3.63, 3.8) is 0 Å². The van der Waals surface area contributed by atoms with Gasteiger partial charge in [-0.25, -0.2) is 4.98 Å². The van der Waals surface area contributed by atoms with Crippen LogP contribution in [0.15, 0.2) is 29.1 Å². The lowest BCUT2D eigenvalue weighted by molar-refractivity contribution is -0.136. The maximum Gasteiger partial charge on any atom is 0.303 e. The van der Waals surface area contributed by atoms with Crippen LogP contribution in [0.1, 0.15) is 12.1 Å². The Morgan fingerprint density at radius 2 is 2.29 bits per heavy atom. The zero-order valence-electron chi connectivity index (χ0n) is 8.85. The molecule has 0 aliphatic carbocycles. The first-order valence-electron chi connectivity index (χ1n) is 5.04. The summed E-state index contributed by atoms with van der Waals surface area (Å²) in [5.74, 6) is -0.831. The maximum atomic E-state index is 10.6. The van der Waals surface area contributed by atoms with E-state index in [0.717, 1.165) is 11.4 Å². The summed E-state index contributed by atoms with van der Waals surface area (Å²) in [4.78, 5) is 22.0. The molecule has 0 fully saturated rings. The van der Waals surface area contributed by atoms with Gasteiger partial charge in [-0.2, -0.15) is 0 Å². The average molecular weight is 296 g/mol. The summed E-state index contributed by atoms with van der Waals surface area (Å²) in [7, 11) is 0. The third-order valence-corrected chi connectivity index (χ3v) is 2.62. The minimum absolute atomic E-state index is 0.0640. The van der Waals surface area contributed by atoms with E-state index >= 15 is 0 Å². The molecule has 88 valence electrons. The van der Waals surface area contributed by atoms with Crippen LogP contribution < -0.4 is 0 Å². The summed E-state index contributed by atoms with van der Waals surface area (Å²) >= 11 is 3.25. The normalized spacial score (nSPS) is 10.4. The molecule has 17 heavy (non-hydrogen) atoms. The highest BCUT2D eigenvalue weighted by Gasteiger charge is 2.12. The van der Waals surface area contributed by atoms with Crippen LogP contribution >= 0.6 is 15.9 Å². The molecule has 0 aromatic carbocycles. The van der Waals surface area contributed by atoms with E-state index in [4.69, 9.17) is 5.11 Å². The van der Waals surface area contributed by atoms with Crippen LogP contribution in [0.5, 0.6) is 0 Å². The molecule has 0 atom stereocenters. The monoisotopic (exact) mass is 295 g/mol. The number of hydrogen-bond acceptors (Lipinski definition) is 3. The van der Waals surface area contributed by atoms with Crippen molar-refractivity contribution in [2.45, 2.75) is 12.8 Å². The van der Waals surface area contributed by atoms with Crippen molar-refractivity contribution in [1.29, 1.82) is 0 Å². The number of rotatable bonds is 4. The molecule has 6 heteroatoms. The molecule has 0 radical (unpaired) electrons. The van der Waals surface area contributed by atoms with E-state index in [1.165, 1.54) is 0 Å². The number of aliphatic carboxylic acids is 1. The fraction of sp³-hybridized carbons (Fsp3) is 0.182. The summed E-state index contributed by atoms with van der Waals surface area (Å²) in [6, 6.07) is 5.53. The Kier molecular flexibility index (Phi) is 3.53. The smallest absolute Gasteiger partial charge is 0.303 e. The first kappa shape index (κ1) is 11.8. The number of aromatic amines is 1. The minimum Gasteiger partial charge on any atom is -0.481 e. The number of nitrogens with one attached hydrogen (secondary N) is 1. The lowest BCUT2D eigenvalue weighted by Crippen LogP contribution is -1.99. The van der Waals surface area contributed by atoms with Gasteiger partial charge < -0.3 is 10.1 Å². The van der Waals surface area contributed by atoms with Gasteiger partial charge in [-0.3, -0.25) is 9.78 Å². The fourth-order valence-electron chi connectivity index (χ4n) is 1.50. The van der Waals surface area contributed by atoms with E-state index < -0.39 is 5.97 Å². The van der Waals surface area contributed by atoms with Gasteiger partial charge in [0.25, 0.3) is 0 Å². The van der Waals surface area contributed by atoms with Gasteiger partial charge in [0.1, 0.15) is 5.69 Å². The van der Waals surface area contributed by atoms with Crippen molar-refractivity contribution in [2.75, 3.05) is 0 Å². The average Bonchev–Trinajstić information content (AvgIpc) is 2.69. The highest BCUT2D eigenvalue weighted by atomic mass is 79.9. The molecule has 2 aromatic heterocycles. The topological polar surface area (TPSA) is 78.9 Å². The first-order valence-corrected chi connectivity index (χ1v) is 5.83. The van der Waals surface area contributed by atoms with Crippen LogP contribution in [-0.2, 0) is 11.2 Å². The molecule has 0 unspecified atom stereocenters. The lowest BCUT2D eigenvalue weighted by atomic mass is 10.1. The van der Waals surface area contributed by atoms with E-state index in [-0.39, 0.29) is 6.42 Å². The molecular weight excluding hydrogens is 286 g/mol. The minimum atomic E-state index is -0.831. The largest absolute Gasteiger partial charge is 0.481 e. The second-order valence-electron chi connectivity index (χ2n) is 3.46. The maximum absolute atomic E-state index is 10.6. The molecule has 0 saturated carbocycles. The Hall–Kier alpha value is -1.69. The third-order valence-electron chi connectivity index (χ3n) is 2.25. The summed E-state index contributed by atoms with van der Waals surface area (Å²) in [5, 5.41) is 8.68. The molecule has 0 bridgehead atoms. The summed E-state index contributed by atoms with van der Waals surface area (Å²) < 4.78 is 0.582. The van der Waals surface area contributed by atoms with Gasteiger partial charge in [0.2, 0.25) is 0 Å². The number of H-pyrrole nitrogens is 1. The van der Waals surface area contributed by atoms with Crippen LogP contribution in [0.3, 0.4) is 0 Å². The van der Waals surface area contributed by atoms with Gasteiger partial charge in [0, 0.05) is 18.3 Å². The zero-order chi connectivity index (χ0) is 12.3. The number of carboxylic acid groups (broad SMARTS) is 1. The molecule has 0 aliphatic rings. The molecule has 0 saturated heterocycles. The Balaban J connectivity index is 2.31. The summed E-state index contributed by atoms with van der Waals surface area (Å²) in [6.07, 6.45) is 2.15. The van der Waals surface area contributed by atoms with Gasteiger partial charge in [0.05, 0.1) is 12.1 Å². The second kappa shape index (κ2) is 5.09. The molecule has 0 amide bonds. The van der Waals surface area contributed by atoms with Crippen LogP contribution in [0, 0.1) is 0 Å². The zero-order valence-corrected chi connectivity index (χ0v) is 10.4. The van der Waals surface area contributed by atoms with Crippen molar-refractivity contribution in [2.24, 2.45) is 0 Å². The predicted octanol–water partition coefficient (Wildman–Crippen LogP) is 2.25. The van der Waals surface area contributed by atoms with Crippen LogP contribution in [-0.4, -0.2) is 26.0 Å². The van der Waals surface area contributed by atoms with E-state index in [1.807, 2.05) is 18.2 Å². The number of imidazole rings is 1. The standard InChI is InChI=1S/C11H10BrN3O2/c12-11-14-8(4-5-9(16)17)10(15-11)7-3-1-2-6-13-7/h1-3,6H,4-5H2,(H,14,15)(H,16,17). The molecule has 0 aliphatic heterocycles. The predicted molar refractivity (Wildman–Crippen MR) is 65.5 cm³/mol. The Morgan fingerprint density at radius 1 is 1.47 bits per heavy atom. The van der Waals surface area contributed by atoms with E-state index in [1.54, 1.807) is 6.20 Å². The highest BCUT2D eigenvalue weighted by Crippen LogP contribution is 2.22. The third kappa shape index (κ3) is 2.91. The number of halogens is 1. The van der Waals surface area contributed by atoms with Crippen molar-refractivity contribution in [1.82, 2.24) is 15.0 Å². The van der Waals surface area contributed by atoms with E-state index in [0.29, 0.717) is 16.8 Å². The Bertz CT molecular complexity index is 525. The number of aryl methyl sites for hydroxylation is 1. The number of aromatic nitrogens is 3. The van der Waals surface area contributed by atoms with Gasteiger partial charge >= 0.3 is 5.97 Å². The number of hydrogen-bond donors (Lipinski definition) is 2. The van der Waals surface area contributed by atoms with Crippen molar-refractivity contribution in [3.8, 4) is 11.4 Å². The number of carbonyl (C=O) groups is 1. The SMILES string of the molecule is O=C(O)CCc1[nH]c(Br)nc1-c1ccccn1. The quantitative estimate of drug-likeness (QED) is 0.907. The molecule has 0 spiro atoms. The van der Waals surface area contributed by atoms with E-state index in [2.05, 4.69) is 30.9 Å². The second-order valence-corrected chi connectivity index (χ2v) is 4.21. The fourth-order valence-corrected chi connectivity index (χ4v) is 1.92. The van der Waals surface area contributed by atoms with Gasteiger partial charge in [-0.1, -0.05) is 6.07 Å². The van der Waals surface area contributed by atoms with Crippen LogP contribution in [0.25, 0.3) is 11.4 Å². The molecule has 2 rings (SSSR count). The molecule has 2 heterocycles. The van der Waals surface area contributed by atoms with Gasteiger partial charge in [-0.05, 0) is 28.1 Å². The Labute approximate surface area is 106 Å².